The maximum Gasteiger partial charge on any atom is 0.323 e. The average Bonchev–Trinajstić information content (AvgIpc) is 3.38. The Balaban J connectivity index is 1.36. The molecular formula is C27H27FN6O5. The zero-order valence-electron chi connectivity index (χ0n) is 21.5. The molecule has 3 N–H and O–H groups in total. The number of piperidine rings is 1. The molecule has 39 heavy (non-hydrogen) atoms. The second kappa shape index (κ2) is 10.3. The van der Waals surface area contributed by atoms with Gasteiger partial charge in [-0.05, 0) is 50.7 Å². The SMILES string of the molecule is COc1ccc2c(c1F)C(=O)N(C[C@@]1(C#Cc3cncc(NC(=O)C4CCN(C)CC4)c3)NC(=O)NC1=O)C2. The Morgan fingerprint density at radius 3 is 2.72 bits per heavy atom. The van der Waals surface area contributed by atoms with Gasteiger partial charge in [0.1, 0.15) is 0 Å². The Kier molecular flexibility index (Phi) is 6.93. The molecule has 202 valence electrons. The Morgan fingerprint density at radius 1 is 1.26 bits per heavy atom. The summed E-state index contributed by atoms with van der Waals surface area (Å²) in [6, 6.07) is 3.87. The van der Waals surface area contributed by atoms with Crippen molar-refractivity contribution in [2.24, 2.45) is 5.92 Å². The number of likely N-dealkylation sites (tertiary alicyclic amines) is 1. The monoisotopic (exact) mass is 534 g/mol. The maximum atomic E-state index is 14.8. The Bertz CT molecular complexity index is 1430. The van der Waals surface area contributed by atoms with E-state index in [4.69, 9.17) is 4.74 Å². The van der Waals surface area contributed by atoms with E-state index in [1.54, 1.807) is 12.1 Å². The molecule has 2 saturated heterocycles. The van der Waals surface area contributed by atoms with Crippen LogP contribution in [0.15, 0.2) is 30.6 Å². The fourth-order valence-electron chi connectivity index (χ4n) is 4.97. The first-order valence-electron chi connectivity index (χ1n) is 12.4. The average molecular weight is 535 g/mol. The van der Waals surface area contributed by atoms with Crippen LogP contribution in [-0.2, 0) is 16.1 Å². The molecule has 5 rings (SSSR count). The lowest BCUT2D eigenvalue weighted by atomic mass is 9.96. The van der Waals surface area contributed by atoms with E-state index in [0.717, 1.165) is 25.9 Å². The molecule has 0 radical (unpaired) electrons. The van der Waals surface area contributed by atoms with Crippen LogP contribution < -0.4 is 20.7 Å². The van der Waals surface area contributed by atoms with E-state index in [-0.39, 0.29) is 36.2 Å². The first-order chi connectivity index (χ1) is 18.7. The third-order valence-electron chi connectivity index (χ3n) is 7.16. The second-order valence-corrected chi connectivity index (χ2v) is 9.87. The number of nitrogens with one attached hydrogen (secondary N) is 3. The number of methoxy groups -OCH3 is 1. The molecule has 0 bridgehead atoms. The van der Waals surface area contributed by atoms with Crippen LogP contribution in [-0.4, -0.2) is 77.9 Å². The highest BCUT2D eigenvalue weighted by Gasteiger charge is 2.48. The minimum Gasteiger partial charge on any atom is -0.494 e. The summed E-state index contributed by atoms with van der Waals surface area (Å²) in [6.07, 6.45) is 4.49. The number of benzene rings is 1. The number of halogens is 1. The van der Waals surface area contributed by atoms with E-state index in [1.807, 2.05) is 7.05 Å². The molecule has 11 nitrogen and oxygen atoms in total. The van der Waals surface area contributed by atoms with Gasteiger partial charge in [-0.1, -0.05) is 17.9 Å². The quantitative estimate of drug-likeness (QED) is 0.387. The molecule has 1 atom stereocenters. The fraction of sp³-hybridized carbons (Fsp3) is 0.370. The molecule has 0 saturated carbocycles. The largest absolute Gasteiger partial charge is 0.494 e. The van der Waals surface area contributed by atoms with Gasteiger partial charge in [-0.25, -0.2) is 9.18 Å². The second-order valence-electron chi connectivity index (χ2n) is 9.87. The number of urea groups is 1. The van der Waals surface area contributed by atoms with Crippen LogP contribution in [0.3, 0.4) is 0 Å². The molecule has 3 aliphatic heterocycles. The number of amides is 5. The predicted molar refractivity (Wildman–Crippen MR) is 137 cm³/mol. The van der Waals surface area contributed by atoms with Crippen molar-refractivity contribution in [1.82, 2.24) is 25.4 Å². The fourth-order valence-corrected chi connectivity index (χ4v) is 4.97. The summed E-state index contributed by atoms with van der Waals surface area (Å²) in [5.41, 5.74) is -0.642. The number of ether oxygens (including phenoxy) is 1. The van der Waals surface area contributed by atoms with Crippen molar-refractivity contribution < 1.29 is 28.3 Å². The van der Waals surface area contributed by atoms with Gasteiger partial charge in [-0.3, -0.25) is 24.7 Å². The summed E-state index contributed by atoms with van der Waals surface area (Å²) in [5, 5.41) is 7.55. The molecule has 2 aromatic rings. The number of imide groups is 1. The smallest absolute Gasteiger partial charge is 0.323 e. The number of rotatable bonds is 5. The minimum absolute atomic E-state index is 0.0295. The summed E-state index contributed by atoms with van der Waals surface area (Å²) in [6.45, 7) is 1.42. The Hall–Kier alpha value is -4.50. The predicted octanol–water partition coefficient (Wildman–Crippen LogP) is 1.10. The molecule has 3 aliphatic rings. The third-order valence-corrected chi connectivity index (χ3v) is 7.16. The molecular weight excluding hydrogens is 507 g/mol. The minimum atomic E-state index is -1.78. The van der Waals surface area contributed by atoms with Crippen LogP contribution in [0.1, 0.15) is 34.3 Å². The van der Waals surface area contributed by atoms with Gasteiger partial charge >= 0.3 is 6.03 Å². The number of carbonyl (C=O) groups is 4. The Morgan fingerprint density at radius 2 is 2.03 bits per heavy atom. The number of fused-ring (bicyclic) bond motifs is 1. The van der Waals surface area contributed by atoms with Crippen molar-refractivity contribution >= 4 is 29.4 Å². The topological polar surface area (TPSA) is 133 Å². The number of aromatic nitrogens is 1. The van der Waals surface area contributed by atoms with Crippen LogP contribution in [0, 0.1) is 23.6 Å². The van der Waals surface area contributed by atoms with Gasteiger partial charge in [-0.2, -0.15) is 0 Å². The number of hydrogen-bond donors (Lipinski definition) is 3. The van der Waals surface area contributed by atoms with Gasteiger partial charge in [-0.15, -0.1) is 0 Å². The lowest BCUT2D eigenvalue weighted by molar-refractivity contribution is -0.122. The van der Waals surface area contributed by atoms with E-state index < -0.39 is 29.2 Å². The summed E-state index contributed by atoms with van der Waals surface area (Å²) < 4.78 is 19.8. The van der Waals surface area contributed by atoms with E-state index >= 15 is 0 Å². The van der Waals surface area contributed by atoms with Crippen molar-refractivity contribution in [3.8, 4) is 17.6 Å². The summed E-state index contributed by atoms with van der Waals surface area (Å²) >= 11 is 0. The normalized spacial score (nSPS) is 21.1. The number of nitrogens with zero attached hydrogens (tertiary/aromatic N) is 3. The van der Waals surface area contributed by atoms with Crippen molar-refractivity contribution in [3.05, 3.63) is 53.1 Å². The van der Waals surface area contributed by atoms with Crippen LogP contribution in [0.2, 0.25) is 0 Å². The van der Waals surface area contributed by atoms with Crippen molar-refractivity contribution in [2.75, 3.05) is 39.1 Å². The van der Waals surface area contributed by atoms with Crippen LogP contribution in [0.5, 0.6) is 5.75 Å². The van der Waals surface area contributed by atoms with Gasteiger partial charge in [0.2, 0.25) is 11.4 Å². The molecule has 0 aliphatic carbocycles. The molecule has 0 spiro atoms. The molecule has 1 aromatic carbocycles. The van der Waals surface area contributed by atoms with E-state index in [1.165, 1.54) is 30.5 Å². The van der Waals surface area contributed by atoms with E-state index in [2.05, 4.69) is 37.7 Å². The summed E-state index contributed by atoms with van der Waals surface area (Å²) in [5.74, 6) is 3.21. The van der Waals surface area contributed by atoms with Crippen molar-refractivity contribution in [1.29, 1.82) is 0 Å². The number of anilines is 1. The molecule has 12 heteroatoms. The Labute approximate surface area is 224 Å². The van der Waals surface area contributed by atoms with Crippen LogP contribution in [0.25, 0.3) is 0 Å². The number of carbonyl (C=O) groups excluding carboxylic acids is 4. The van der Waals surface area contributed by atoms with Crippen LogP contribution >= 0.6 is 0 Å². The lowest BCUT2D eigenvalue weighted by Gasteiger charge is -2.28. The van der Waals surface area contributed by atoms with E-state index in [9.17, 15) is 23.6 Å². The van der Waals surface area contributed by atoms with Gasteiger partial charge in [0.15, 0.2) is 11.6 Å². The van der Waals surface area contributed by atoms with E-state index in [0.29, 0.717) is 16.8 Å². The number of hydrogen-bond acceptors (Lipinski definition) is 7. The summed E-state index contributed by atoms with van der Waals surface area (Å²) in [7, 11) is 3.32. The van der Waals surface area contributed by atoms with Crippen molar-refractivity contribution in [2.45, 2.75) is 24.9 Å². The lowest BCUT2D eigenvalue weighted by Crippen LogP contribution is -2.54. The highest BCUT2D eigenvalue weighted by Crippen LogP contribution is 2.32. The highest BCUT2D eigenvalue weighted by atomic mass is 19.1. The first-order valence-corrected chi connectivity index (χ1v) is 12.4. The summed E-state index contributed by atoms with van der Waals surface area (Å²) in [4.78, 5) is 58.3. The standard InChI is InChI=1S/C27H27FN6O5/c1-33-9-6-17(7-10-33)23(35)30-19-11-16(12-29-13-19)5-8-27(25(37)31-26(38)32-27)15-34-14-18-3-4-20(39-2)22(28)21(18)24(34)36/h3-4,11-13,17H,6-7,9-10,14-15H2,1-2H3,(H,30,35)(H2,31,32,37,38)/t27-/m1/s1. The molecule has 2 fully saturated rings. The molecule has 1 aromatic heterocycles. The molecule has 0 unspecified atom stereocenters. The van der Waals surface area contributed by atoms with Gasteiger partial charge in [0, 0.05) is 24.2 Å². The number of pyridine rings is 1. The molecule has 4 heterocycles. The third kappa shape index (κ3) is 5.13. The van der Waals surface area contributed by atoms with Crippen molar-refractivity contribution in [3.63, 3.8) is 0 Å². The molecule has 5 amide bonds. The van der Waals surface area contributed by atoms with Gasteiger partial charge < -0.3 is 25.2 Å². The highest BCUT2D eigenvalue weighted by molar-refractivity contribution is 6.10. The first kappa shape index (κ1) is 26.1. The maximum absolute atomic E-state index is 14.8. The van der Waals surface area contributed by atoms with Gasteiger partial charge in [0.05, 0.1) is 31.1 Å². The zero-order chi connectivity index (χ0) is 27.7. The van der Waals surface area contributed by atoms with Gasteiger partial charge in [0.25, 0.3) is 11.8 Å². The zero-order valence-corrected chi connectivity index (χ0v) is 21.5. The van der Waals surface area contributed by atoms with Crippen LogP contribution in [0.4, 0.5) is 14.9 Å².